The average Bonchev–Trinajstić information content (AvgIpc) is 3.17. The van der Waals surface area contributed by atoms with Crippen molar-refractivity contribution in [3.05, 3.63) is 71.8 Å². The van der Waals surface area contributed by atoms with Gasteiger partial charge < -0.3 is 9.64 Å². The van der Waals surface area contributed by atoms with Crippen LogP contribution < -0.4 is 4.72 Å². The fourth-order valence-corrected chi connectivity index (χ4v) is 5.40. The van der Waals surface area contributed by atoms with Crippen LogP contribution in [0.2, 0.25) is 0 Å². The Bertz CT molecular complexity index is 1100. The summed E-state index contributed by atoms with van der Waals surface area (Å²) >= 11 is 0. The van der Waals surface area contributed by atoms with Crippen LogP contribution >= 0.6 is 0 Å². The first-order valence-electron chi connectivity index (χ1n) is 11.2. The van der Waals surface area contributed by atoms with E-state index in [0.29, 0.717) is 32.4 Å². The third kappa shape index (κ3) is 5.22. The van der Waals surface area contributed by atoms with Crippen molar-refractivity contribution in [2.45, 2.75) is 44.7 Å². The highest BCUT2D eigenvalue weighted by atomic mass is 32.2. The predicted octanol–water partition coefficient (Wildman–Crippen LogP) is 3.92. The molecule has 2 aromatic rings. The van der Waals surface area contributed by atoms with E-state index in [4.69, 9.17) is 4.74 Å². The normalized spacial score (nSPS) is 22.8. The third-order valence-electron chi connectivity index (χ3n) is 6.21. The van der Waals surface area contributed by atoms with Crippen molar-refractivity contribution < 1.29 is 17.9 Å². The van der Waals surface area contributed by atoms with Gasteiger partial charge in [0.2, 0.25) is 10.0 Å². The molecule has 6 nitrogen and oxygen atoms in total. The van der Waals surface area contributed by atoms with E-state index < -0.39 is 10.0 Å². The van der Waals surface area contributed by atoms with E-state index in [1.807, 2.05) is 30.3 Å². The number of rotatable bonds is 3. The van der Waals surface area contributed by atoms with Crippen LogP contribution in [0.1, 0.15) is 30.9 Å². The molecule has 2 bridgehead atoms. The molecular formula is C25H30N2O4S. The van der Waals surface area contributed by atoms with Crippen LogP contribution in [-0.4, -0.2) is 50.4 Å². The number of sulfonamides is 1. The average molecular weight is 455 g/mol. The zero-order chi connectivity index (χ0) is 22.6. The van der Waals surface area contributed by atoms with Crippen LogP contribution in [-0.2, 0) is 27.6 Å². The van der Waals surface area contributed by atoms with Crippen molar-refractivity contribution >= 4 is 16.1 Å². The Labute approximate surface area is 190 Å². The lowest BCUT2D eigenvalue weighted by Gasteiger charge is -2.28. The molecular weight excluding hydrogens is 424 g/mol. The minimum absolute atomic E-state index is 0.0132. The highest BCUT2D eigenvalue weighted by Crippen LogP contribution is 2.28. The number of hydrogen-bond donors (Lipinski definition) is 1. The number of fused-ring (bicyclic) bond motifs is 5. The van der Waals surface area contributed by atoms with Gasteiger partial charge in [-0.3, -0.25) is 0 Å². The summed E-state index contributed by atoms with van der Waals surface area (Å²) in [5, 5.41) is 0. The topological polar surface area (TPSA) is 75.7 Å². The molecule has 0 radical (unpaired) electrons. The predicted molar refractivity (Wildman–Crippen MR) is 126 cm³/mol. The fraction of sp³-hybridized carbons (Fsp3) is 0.400. The number of carbonyl (C=O) groups excluding carboxylic acids is 1. The lowest BCUT2D eigenvalue weighted by molar-refractivity contribution is 0.0978. The molecule has 1 amide bonds. The maximum atomic E-state index is 12.8. The Kier molecular flexibility index (Phi) is 6.96. The largest absolute Gasteiger partial charge is 0.449 e. The Morgan fingerprint density at radius 1 is 1.12 bits per heavy atom. The van der Waals surface area contributed by atoms with Gasteiger partial charge in [-0.15, -0.1) is 0 Å². The minimum atomic E-state index is -3.38. The minimum Gasteiger partial charge on any atom is -0.449 e. The first-order valence-corrected chi connectivity index (χ1v) is 12.9. The number of hydrogen-bond acceptors (Lipinski definition) is 4. The van der Waals surface area contributed by atoms with Crippen molar-refractivity contribution in [1.82, 2.24) is 9.62 Å². The van der Waals surface area contributed by atoms with Gasteiger partial charge in [-0.25, -0.2) is 17.9 Å². The van der Waals surface area contributed by atoms with E-state index in [1.54, 1.807) is 11.8 Å². The number of ether oxygens (including phenoxy) is 1. The third-order valence-corrected chi connectivity index (χ3v) is 7.63. The van der Waals surface area contributed by atoms with Gasteiger partial charge in [-0.05, 0) is 54.9 Å². The lowest BCUT2D eigenvalue weighted by Crippen LogP contribution is -2.48. The highest BCUT2D eigenvalue weighted by molar-refractivity contribution is 7.89. The second-order valence-electron chi connectivity index (χ2n) is 8.32. The second-order valence-corrected chi connectivity index (χ2v) is 10.4. The summed E-state index contributed by atoms with van der Waals surface area (Å²) in [5.41, 5.74) is 4.61. The molecule has 1 N–H and O–H groups in total. The van der Waals surface area contributed by atoms with Gasteiger partial charge in [-0.1, -0.05) is 60.7 Å². The number of benzene rings is 2. The van der Waals surface area contributed by atoms with Gasteiger partial charge in [0.1, 0.15) is 0 Å². The van der Waals surface area contributed by atoms with Gasteiger partial charge in [0.05, 0.1) is 18.4 Å². The van der Waals surface area contributed by atoms with E-state index in [2.05, 4.69) is 35.1 Å². The molecule has 2 aliphatic rings. The van der Waals surface area contributed by atoms with Crippen molar-refractivity contribution in [3.63, 3.8) is 0 Å². The van der Waals surface area contributed by atoms with E-state index in [1.165, 1.54) is 11.1 Å². The molecule has 2 unspecified atom stereocenters. The number of allylic oxidation sites excluding steroid dienone is 1. The first kappa shape index (κ1) is 22.6. The van der Waals surface area contributed by atoms with E-state index in [0.717, 1.165) is 17.5 Å². The van der Waals surface area contributed by atoms with Gasteiger partial charge in [0, 0.05) is 12.6 Å². The molecule has 7 heteroatoms. The number of nitrogens with one attached hydrogen (secondary N) is 1. The summed E-state index contributed by atoms with van der Waals surface area (Å²) in [6, 6.07) is 16.0. The molecule has 0 aromatic heterocycles. The van der Waals surface area contributed by atoms with E-state index in [-0.39, 0.29) is 23.9 Å². The van der Waals surface area contributed by atoms with Crippen molar-refractivity contribution in [1.29, 1.82) is 0 Å². The number of amides is 1. The Balaban J connectivity index is 1.71. The summed E-state index contributed by atoms with van der Waals surface area (Å²) in [6.07, 6.45) is 6.36. The molecule has 2 heterocycles. The van der Waals surface area contributed by atoms with Crippen molar-refractivity contribution in [2.24, 2.45) is 0 Å². The maximum absolute atomic E-state index is 12.8. The number of cyclic esters (lactones) is 1. The molecule has 2 atom stereocenters. The van der Waals surface area contributed by atoms with Crippen LogP contribution in [0.15, 0.2) is 60.7 Å². The van der Waals surface area contributed by atoms with E-state index >= 15 is 0 Å². The first-order chi connectivity index (χ1) is 15.5. The fourth-order valence-electron chi connectivity index (χ4n) is 4.50. The highest BCUT2D eigenvalue weighted by Gasteiger charge is 2.39. The summed E-state index contributed by atoms with van der Waals surface area (Å²) in [4.78, 5) is 14.5. The molecule has 170 valence electrons. The van der Waals surface area contributed by atoms with Crippen molar-refractivity contribution in [2.75, 3.05) is 18.9 Å². The molecule has 2 aliphatic heterocycles. The summed E-state index contributed by atoms with van der Waals surface area (Å²) < 4.78 is 32.9. The molecule has 0 saturated carbocycles. The molecule has 2 aromatic carbocycles. The molecule has 1 fully saturated rings. The zero-order valence-electron chi connectivity index (χ0n) is 18.4. The quantitative estimate of drug-likeness (QED) is 0.714. The van der Waals surface area contributed by atoms with Gasteiger partial charge in [0.15, 0.2) is 0 Å². The lowest BCUT2D eigenvalue weighted by atomic mass is 9.94. The van der Waals surface area contributed by atoms with Crippen LogP contribution in [0, 0.1) is 0 Å². The SMILES string of the molecule is CCS(=O)(=O)NC1CCN2C(=O)OCC/C=C\Cc3ccccc3-c3cccc(c3)CC12. The monoisotopic (exact) mass is 454 g/mol. The van der Waals surface area contributed by atoms with E-state index in [9.17, 15) is 13.2 Å². The van der Waals surface area contributed by atoms with Crippen LogP contribution in [0.4, 0.5) is 4.79 Å². The number of nitrogens with zero attached hydrogens (tertiary/aromatic N) is 1. The van der Waals surface area contributed by atoms with Crippen LogP contribution in [0.5, 0.6) is 0 Å². The Morgan fingerprint density at radius 2 is 1.97 bits per heavy atom. The molecule has 32 heavy (non-hydrogen) atoms. The van der Waals surface area contributed by atoms with Crippen LogP contribution in [0.3, 0.4) is 0 Å². The molecule has 0 spiro atoms. The van der Waals surface area contributed by atoms with Gasteiger partial charge in [0.25, 0.3) is 0 Å². The number of carbonyl (C=O) groups is 1. The Hall–Kier alpha value is -2.64. The standard InChI is InChI=1S/C25H30N2O4S/c1-2-32(29,30)26-23-14-15-27-24(23)18-19-9-8-12-21(17-19)22-13-6-5-11-20(22)10-4-3-7-16-31-25(27)28/h3-6,8-9,11-13,17,23-24,26H,2,7,10,14-16,18H2,1H3/b4-3-. The van der Waals surface area contributed by atoms with Gasteiger partial charge in [-0.2, -0.15) is 0 Å². The summed E-state index contributed by atoms with van der Waals surface area (Å²) in [6.45, 7) is 2.40. The second kappa shape index (κ2) is 9.88. The van der Waals surface area contributed by atoms with Crippen molar-refractivity contribution in [3.8, 4) is 11.1 Å². The summed E-state index contributed by atoms with van der Waals surface area (Å²) in [7, 11) is -3.38. The smallest absolute Gasteiger partial charge is 0.410 e. The summed E-state index contributed by atoms with van der Waals surface area (Å²) in [5.74, 6) is 0.0132. The van der Waals surface area contributed by atoms with Gasteiger partial charge >= 0.3 is 6.09 Å². The zero-order valence-corrected chi connectivity index (χ0v) is 19.2. The molecule has 1 saturated heterocycles. The maximum Gasteiger partial charge on any atom is 0.410 e. The molecule has 0 aliphatic carbocycles. The van der Waals surface area contributed by atoms with Crippen LogP contribution in [0.25, 0.3) is 11.1 Å². The molecule has 4 rings (SSSR count). The Morgan fingerprint density at radius 3 is 2.81 bits per heavy atom.